The highest BCUT2D eigenvalue weighted by molar-refractivity contribution is 5.89. The Bertz CT molecular complexity index is 655. The van der Waals surface area contributed by atoms with Gasteiger partial charge in [-0.05, 0) is 29.3 Å². The van der Waals surface area contributed by atoms with E-state index in [1.54, 1.807) is 18.2 Å². The Kier molecular flexibility index (Phi) is 3.54. The second kappa shape index (κ2) is 5.48. The van der Waals surface area contributed by atoms with Crippen molar-refractivity contribution in [1.82, 2.24) is 0 Å². The molecule has 0 aliphatic rings. The number of benzene rings is 2. The standard InChI is InChI=1S/C16H10N2/c17-11-14-7-4-8-15(10-14)16(12-18)9-13-5-2-1-3-6-13/h1-10H. The highest BCUT2D eigenvalue weighted by Gasteiger charge is 2.01. The van der Waals surface area contributed by atoms with E-state index in [9.17, 15) is 5.26 Å². The molecule has 2 aromatic rings. The molecule has 0 amide bonds. The Morgan fingerprint density at radius 3 is 2.39 bits per heavy atom. The number of nitriles is 2. The molecule has 2 rings (SSSR count). The fourth-order valence-corrected chi connectivity index (χ4v) is 1.65. The maximum atomic E-state index is 9.20. The van der Waals surface area contributed by atoms with Gasteiger partial charge in [0.15, 0.2) is 0 Å². The fourth-order valence-electron chi connectivity index (χ4n) is 1.65. The summed E-state index contributed by atoms with van der Waals surface area (Å²) in [6.07, 6.45) is 1.82. The molecular formula is C16H10N2. The third kappa shape index (κ3) is 2.64. The molecule has 0 heterocycles. The number of nitrogens with zero attached hydrogens (tertiary/aromatic N) is 2. The minimum atomic E-state index is 0.554. The lowest BCUT2D eigenvalue weighted by molar-refractivity contribution is 1.47. The van der Waals surface area contributed by atoms with Crippen molar-refractivity contribution >= 4 is 11.6 Å². The predicted molar refractivity (Wildman–Crippen MR) is 71.1 cm³/mol. The van der Waals surface area contributed by atoms with E-state index in [-0.39, 0.29) is 0 Å². The summed E-state index contributed by atoms with van der Waals surface area (Å²) in [6, 6.07) is 20.9. The van der Waals surface area contributed by atoms with Gasteiger partial charge in [-0.15, -0.1) is 0 Å². The van der Waals surface area contributed by atoms with Gasteiger partial charge in [-0.1, -0.05) is 42.5 Å². The highest BCUT2D eigenvalue weighted by atomic mass is 14.3. The zero-order valence-corrected chi connectivity index (χ0v) is 9.67. The normalized spacial score (nSPS) is 10.4. The van der Waals surface area contributed by atoms with Gasteiger partial charge in [0.25, 0.3) is 0 Å². The largest absolute Gasteiger partial charge is 0.192 e. The van der Waals surface area contributed by atoms with Crippen LogP contribution < -0.4 is 0 Å². The van der Waals surface area contributed by atoms with E-state index >= 15 is 0 Å². The number of rotatable bonds is 2. The van der Waals surface area contributed by atoms with Crippen LogP contribution in [0.2, 0.25) is 0 Å². The monoisotopic (exact) mass is 230 g/mol. The van der Waals surface area contributed by atoms with Gasteiger partial charge >= 0.3 is 0 Å². The van der Waals surface area contributed by atoms with Crippen LogP contribution in [-0.2, 0) is 0 Å². The first-order valence-corrected chi connectivity index (χ1v) is 5.51. The Labute approximate surface area is 106 Å². The summed E-state index contributed by atoms with van der Waals surface area (Å²) in [7, 11) is 0. The lowest BCUT2D eigenvalue weighted by Crippen LogP contribution is -1.83. The molecule has 2 heteroatoms. The van der Waals surface area contributed by atoms with Crippen molar-refractivity contribution in [1.29, 1.82) is 10.5 Å². The molecule has 0 N–H and O–H groups in total. The maximum absolute atomic E-state index is 9.20. The first-order valence-electron chi connectivity index (χ1n) is 5.51. The van der Waals surface area contributed by atoms with Crippen molar-refractivity contribution in [3.63, 3.8) is 0 Å². The van der Waals surface area contributed by atoms with Gasteiger partial charge in [-0.25, -0.2) is 0 Å². The molecule has 0 radical (unpaired) electrons. The van der Waals surface area contributed by atoms with E-state index in [2.05, 4.69) is 12.1 Å². The lowest BCUT2D eigenvalue weighted by atomic mass is 10.0. The smallest absolute Gasteiger partial charge is 0.0998 e. The van der Waals surface area contributed by atoms with E-state index in [0.717, 1.165) is 11.1 Å². The van der Waals surface area contributed by atoms with Gasteiger partial charge in [-0.3, -0.25) is 0 Å². The highest BCUT2D eigenvalue weighted by Crippen LogP contribution is 2.18. The summed E-state index contributed by atoms with van der Waals surface area (Å²) in [6.45, 7) is 0. The summed E-state index contributed by atoms with van der Waals surface area (Å²) >= 11 is 0. The summed E-state index contributed by atoms with van der Waals surface area (Å²) in [5.74, 6) is 0. The summed E-state index contributed by atoms with van der Waals surface area (Å²) in [4.78, 5) is 0. The Balaban J connectivity index is 2.44. The molecule has 0 aromatic heterocycles. The molecule has 0 spiro atoms. The number of hydrogen-bond acceptors (Lipinski definition) is 2. The molecule has 0 unspecified atom stereocenters. The van der Waals surface area contributed by atoms with E-state index in [1.165, 1.54) is 0 Å². The van der Waals surface area contributed by atoms with Gasteiger partial charge in [0, 0.05) is 0 Å². The average Bonchev–Trinajstić information content (AvgIpc) is 2.46. The molecule has 0 saturated carbocycles. The average molecular weight is 230 g/mol. The van der Waals surface area contributed by atoms with Crippen LogP contribution in [0.15, 0.2) is 54.6 Å². The molecule has 0 saturated heterocycles. The topological polar surface area (TPSA) is 47.6 Å². The molecule has 0 atom stereocenters. The van der Waals surface area contributed by atoms with Crippen LogP contribution in [0.5, 0.6) is 0 Å². The van der Waals surface area contributed by atoms with Crippen molar-refractivity contribution in [2.75, 3.05) is 0 Å². The van der Waals surface area contributed by atoms with Crippen molar-refractivity contribution < 1.29 is 0 Å². The van der Waals surface area contributed by atoms with Crippen molar-refractivity contribution in [3.8, 4) is 12.1 Å². The van der Waals surface area contributed by atoms with Crippen molar-refractivity contribution in [2.45, 2.75) is 0 Å². The second-order valence-electron chi connectivity index (χ2n) is 3.77. The zero-order valence-electron chi connectivity index (χ0n) is 9.67. The van der Waals surface area contributed by atoms with Crippen LogP contribution in [0.25, 0.3) is 11.6 Å². The van der Waals surface area contributed by atoms with Gasteiger partial charge in [0.2, 0.25) is 0 Å². The zero-order chi connectivity index (χ0) is 12.8. The van der Waals surface area contributed by atoms with E-state index < -0.39 is 0 Å². The SMILES string of the molecule is N#CC(=Cc1ccccc1)c1cccc(C#N)c1. The van der Waals surface area contributed by atoms with Crippen LogP contribution in [0, 0.1) is 22.7 Å². The quantitative estimate of drug-likeness (QED) is 0.584. The third-order valence-electron chi connectivity index (χ3n) is 2.53. The fraction of sp³-hybridized carbons (Fsp3) is 0. The van der Waals surface area contributed by atoms with E-state index in [4.69, 9.17) is 5.26 Å². The molecule has 18 heavy (non-hydrogen) atoms. The third-order valence-corrected chi connectivity index (χ3v) is 2.53. The molecule has 0 aliphatic carbocycles. The second-order valence-corrected chi connectivity index (χ2v) is 3.77. The van der Waals surface area contributed by atoms with Crippen molar-refractivity contribution in [2.24, 2.45) is 0 Å². The van der Waals surface area contributed by atoms with Crippen molar-refractivity contribution in [3.05, 3.63) is 71.3 Å². The van der Waals surface area contributed by atoms with Crippen LogP contribution in [-0.4, -0.2) is 0 Å². The molecule has 2 nitrogen and oxygen atoms in total. The van der Waals surface area contributed by atoms with Crippen LogP contribution >= 0.6 is 0 Å². The molecule has 0 aliphatic heterocycles. The van der Waals surface area contributed by atoms with Gasteiger partial charge in [-0.2, -0.15) is 10.5 Å². The minimum Gasteiger partial charge on any atom is -0.192 e. The Morgan fingerprint density at radius 1 is 0.944 bits per heavy atom. The number of allylic oxidation sites excluding steroid dienone is 1. The lowest BCUT2D eigenvalue weighted by Gasteiger charge is -2.00. The van der Waals surface area contributed by atoms with E-state index in [0.29, 0.717) is 11.1 Å². The molecular weight excluding hydrogens is 220 g/mol. The first kappa shape index (κ1) is 11.6. The summed E-state index contributed by atoms with van der Waals surface area (Å²) < 4.78 is 0. The summed E-state index contributed by atoms with van der Waals surface area (Å²) in [5, 5.41) is 18.1. The minimum absolute atomic E-state index is 0.554. The Morgan fingerprint density at radius 2 is 1.72 bits per heavy atom. The van der Waals surface area contributed by atoms with Gasteiger partial charge in [0.05, 0.1) is 23.3 Å². The number of hydrogen-bond donors (Lipinski definition) is 0. The van der Waals surface area contributed by atoms with Gasteiger partial charge < -0.3 is 0 Å². The molecule has 84 valence electrons. The molecule has 0 fully saturated rings. The van der Waals surface area contributed by atoms with Crippen LogP contribution in [0.1, 0.15) is 16.7 Å². The summed E-state index contributed by atoms with van der Waals surface area (Å²) in [5.41, 5.74) is 2.84. The molecule has 0 bridgehead atoms. The van der Waals surface area contributed by atoms with Crippen LogP contribution in [0.3, 0.4) is 0 Å². The predicted octanol–water partition coefficient (Wildman–Crippen LogP) is 3.62. The van der Waals surface area contributed by atoms with Crippen LogP contribution in [0.4, 0.5) is 0 Å². The van der Waals surface area contributed by atoms with Gasteiger partial charge in [0.1, 0.15) is 0 Å². The Hall–Kier alpha value is -2.84. The van der Waals surface area contributed by atoms with E-state index in [1.807, 2.05) is 42.5 Å². The maximum Gasteiger partial charge on any atom is 0.0998 e. The first-order chi connectivity index (χ1) is 8.83. The molecule has 2 aromatic carbocycles.